The van der Waals surface area contributed by atoms with Gasteiger partial charge in [-0.15, -0.1) is 12.4 Å². The van der Waals surface area contributed by atoms with Gasteiger partial charge in [0.05, 0.1) is 17.3 Å². The van der Waals surface area contributed by atoms with E-state index in [-0.39, 0.29) is 47.8 Å². The predicted octanol–water partition coefficient (Wildman–Crippen LogP) is 0.699. The van der Waals surface area contributed by atoms with Gasteiger partial charge in [-0.1, -0.05) is 19.1 Å². The van der Waals surface area contributed by atoms with Gasteiger partial charge in [0.1, 0.15) is 0 Å². The number of aromatic amines is 1. The molecule has 3 rings (SSSR count). The van der Waals surface area contributed by atoms with E-state index in [1.165, 1.54) is 4.68 Å². The zero-order chi connectivity index (χ0) is 17.3. The number of H-pyrrole nitrogens is 1. The molecule has 1 aromatic carbocycles. The molecule has 0 saturated carbocycles. The van der Waals surface area contributed by atoms with Crippen molar-refractivity contribution in [1.29, 1.82) is 0 Å². The Labute approximate surface area is 151 Å². The topological polar surface area (TPSA) is 101 Å². The monoisotopic (exact) mass is 366 g/mol. The molecular weight excluding hydrogens is 344 g/mol. The van der Waals surface area contributed by atoms with Crippen LogP contribution in [0.25, 0.3) is 10.8 Å². The molecule has 1 amide bonds. The maximum atomic E-state index is 12.4. The van der Waals surface area contributed by atoms with Crippen molar-refractivity contribution in [2.24, 2.45) is 11.1 Å². The van der Waals surface area contributed by atoms with Gasteiger partial charge in [0.15, 0.2) is 0 Å². The first-order valence-electron chi connectivity index (χ1n) is 8.13. The molecule has 25 heavy (non-hydrogen) atoms. The Morgan fingerprint density at radius 3 is 2.60 bits per heavy atom. The maximum Gasteiger partial charge on any atom is 0.273 e. The van der Waals surface area contributed by atoms with Crippen LogP contribution in [0.3, 0.4) is 0 Å². The van der Waals surface area contributed by atoms with Gasteiger partial charge in [0.2, 0.25) is 5.91 Å². The lowest BCUT2D eigenvalue weighted by molar-refractivity contribution is -0.130. The summed E-state index contributed by atoms with van der Waals surface area (Å²) in [5, 5.41) is 3.28. The number of nitrogens with one attached hydrogen (secondary N) is 1. The zero-order valence-electron chi connectivity index (χ0n) is 14.2. The molecule has 0 spiro atoms. The summed E-state index contributed by atoms with van der Waals surface area (Å²) >= 11 is 0. The SMILES string of the molecule is CC1(CN)CCN(C(=O)CCn2[nH]c(=O)c3ccccc3c2=O)C1.Cl. The van der Waals surface area contributed by atoms with Crippen LogP contribution in [0.2, 0.25) is 0 Å². The molecule has 1 aromatic heterocycles. The van der Waals surface area contributed by atoms with Crippen molar-refractivity contribution < 1.29 is 4.79 Å². The highest BCUT2D eigenvalue weighted by Crippen LogP contribution is 2.28. The second kappa shape index (κ2) is 7.41. The highest BCUT2D eigenvalue weighted by atomic mass is 35.5. The standard InChI is InChI=1S/C17H22N4O3.ClH/c1-17(10-18)7-9-20(11-17)14(22)6-8-21-16(24)13-5-3-2-4-12(13)15(23)19-21;/h2-5H,6-11,18H2,1H3,(H,19,23);1H. The number of aromatic nitrogens is 2. The van der Waals surface area contributed by atoms with Gasteiger partial charge in [0, 0.05) is 19.5 Å². The van der Waals surface area contributed by atoms with Crippen LogP contribution in [0.1, 0.15) is 19.8 Å². The average molecular weight is 367 g/mol. The van der Waals surface area contributed by atoms with E-state index in [1.807, 2.05) is 0 Å². The Bertz CT molecular complexity index is 891. The second-order valence-corrected chi connectivity index (χ2v) is 6.77. The van der Waals surface area contributed by atoms with Gasteiger partial charge in [-0.25, -0.2) is 4.68 Å². The van der Waals surface area contributed by atoms with E-state index in [9.17, 15) is 14.4 Å². The lowest BCUT2D eigenvalue weighted by Crippen LogP contribution is -2.36. The molecule has 1 unspecified atom stereocenters. The molecule has 1 aliphatic heterocycles. The number of rotatable bonds is 4. The largest absolute Gasteiger partial charge is 0.342 e. The van der Waals surface area contributed by atoms with Crippen LogP contribution in [-0.4, -0.2) is 40.2 Å². The molecule has 2 heterocycles. The Balaban J connectivity index is 0.00000225. The quantitative estimate of drug-likeness (QED) is 0.831. The lowest BCUT2D eigenvalue weighted by atomic mass is 9.90. The number of nitrogens with zero attached hydrogens (tertiary/aromatic N) is 2. The van der Waals surface area contributed by atoms with E-state index in [1.54, 1.807) is 29.2 Å². The summed E-state index contributed by atoms with van der Waals surface area (Å²) in [4.78, 5) is 38.6. The van der Waals surface area contributed by atoms with Crippen molar-refractivity contribution >= 4 is 29.1 Å². The summed E-state index contributed by atoms with van der Waals surface area (Å²) in [6.45, 7) is 4.12. The Morgan fingerprint density at radius 2 is 1.96 bits per heavy atom. The molecule has 0 radical (unpaired) electrons. The summed E-state index contributed by atoms with van der Waals surface area (Å²) < 4.78 is 1.22. The van der Waals surface area contributed by atoms with Gasteiger partial charge in [-0.05, 0) is 30.5 Å². The average Bonchev–Trinajstić information content (AvgIpc) is 3.00. The maximum absolute atomic E-state index is 12.4. The number of carbonyl (C=O) groups is 1. The van der Waals surface area contributed by atoms with E-state index in [0.29, 0.717) is 30.4 Å². The lowest BCUT2D eigenvalue weighted by Gasteiger charge is -2.22. The normalized spacial score (nSPS) is 19.8. The van der Waals surface area contributed by atoms with Gasteiger partial charge in [-0.2, -0.15) is 0 Å². The van der Waals surface area contributed by atoms with E-state index >= 15 is 0 Å². The summed E-state index contributed by atoms with van der Waals surface area (Å²) in [5.74, 6) is -0.0203. The molecule has 8 heteroatoms. The number of carbonyl (C=O) groups excluding carboxylic acids is 1. The van der Waals surface area contributed by atoms with Crippen LogP contribution in [0.4, 0.5) is 0 Å². The minimum absolute atomic E-state index is 0. The van der Waals surface area contributed by atoms with Crippen LogP contribution < -0.4 is 16.9 Å². The first-order valence-corrected chi connectivity index (χ1v) is 8.13. The second-order valence-electron chi connectivity index (χ2n) is 6.77. The van der Waals surface area contributed by atoms with E-state index < -0.39 is 0 Å². The fraction of sp³-hybridized carbons (Fsp3) is 0.471. The number of hydrogen-bond acceptors (Lipinski definition) is 4. The third-order valence-corrected chi connectivity index (χ3v) is 4.84. The Morgan fingerprint density at radius 1 is 1.28 bits per heavy atom. The minimum Gasteiger partial charge on any atom is -0.342 e. The predicted molar refractivity (Wildman–Crippen MR) is 99.1 cm³/mol. The van der Waals surface area contributed by atoms with Crippen LogP contribution in [0.15, 0.2) is 33.9 Å². The summed E-state index contributed by atoms with van der Waals surface area (Å²) in [6, 6.07) is 6.67. The molecular formula is C17H23ClN4O3. The zero-order valence-corrected chi connectivity index (χ0v) is 15.0. The Kier molecular flexibility index (Phi) is 5.69. The molecule has 0 aliphatic carbocycles. The molecule has 136 valence electrons. The first kappa shape index (κ1) is 19.2. The van der Waals surface area contributed by atoms with E-state index in [2.05, 4.69) is 12.0 Å². The van der Waals surface area contributed by atoms with Gasteiger partial charge >= 0.3 is 0 Å². The first-order chi connectivity index (χ1) is 11.4. The third-order valence-electron chi connectivity index (χ3n) is 4.84. The summed E-state index contributed by atoms with van der Waals surface area (Å²) in [5.41, 5.74) is 5.13. The van der Waals surface area contributed by atoms with Crippen LogP contribution in [0, 0.1) is 5.41 Å². The van der Waals surface area contributed by atoms with Crippen LogP contribution in [0.5, 0.6) is 0 Å². The number of likely N-dealkylation sites (tertiary alicyclic amines) is 1. The van der Waals surface area contributed by atoms with Crippen LogP contribution in [-0.2, 0) is 11.3 Å². The van der Waals surface area contributed by atoms with Crippen molar-refractivity contribution in [2.45, 2.75) is 26.3 Å². The Hall–Kier alpha value is -2.12. The molecule has 7 nitrogen and oxygen atoms in total. The number of amides is 1. The van der Waals surface area contributed by atoms with E-state index in [0.717, 1.165) is 6.42 Å². The number of hydrogen-bond donors (Lipinski definition) is 2. The smallest absolute Gasteiger partial charge is 0.273 e. The van der Waals surface area contributed by atoms with Crippen molar-refractivity contribution in [3.8, 4) is 0 Å². The minimum atomic E-state index is -0.325. The van der Waals surface area contributed by atoms with Crippen molar-refractivity contribution in [2.75, 3.05) is 19.6 Å². The molecule has 2 aromatic rings. The molecule has 1 fully saturated rings. The molecule has 3 N–H and O–H groups in total. The number of aryl methyl sites for hydroxylation is 1. The molecule has 1 aliphatic rings. The van der Waals surface area contributed by atoms with Crippen molar-refractivity contribution in [3.63, 3.8) is 0 Å². The van der Waals surface area contributed by atoms with Crippen LogP contribution >= 0.6 is 12.4 Å². The van der Waals surface area contributed by atoms with Gasteiger partial charge in [-0.3, -0.25) is 19.5 Å². The fourth-order valence-corrected chi connectivity index (χ4v) is 3.17. The highest BCUT2D eigenvalue weighted by molar-refractivity contribution is 5.85. The van der Waals surface area contributed by atoms with Crippen molar-refractivity contribution in [1.82, 2.24) is 14.7 Å². The molecule has 1 saturated heterocycles. The number of halogens is 1. The number of fused-ring (bicyclic) bond motifs is 1. The van der Waals surface area contributed by atoms with Gasteiger partial charge in [0.25, 0.3) is 11.1 Å². The number of benzene rings is 1. The summed E-state index contributed by atoms with van der Waals surface area (Å²) in [7, 11) is 0. The third kappa shape index (κ3) is 3.77. The fourth-order valence-electron chi connectivity index (χ4n) is 3.17. The van der Waals surface area contributed by atoms with Gasteiger partial charge < -0.3 is 10.6 Å². The number of nitrogens with two attached hydrogens (primary N) is 1. The van der Waals surface area contributed by atoms with Crippen molar-refractivity contribution in [3.05, 3.63) is 45.0 Å². The highest BCUT2D eigenvalue weighted by Gasteiger charge is 2.34. The summed E-state index contributed by atoms with van der Waals surface area (Å²) in [6.07, 6.45) is 1.07. The van der Waals surface area contributed by atoms with E-state index in [4.69, 9.17) is 5.73 Å². The molecule has 0 bridgehead atoms. The molecule has 1 atom stereocenters.